The Hall–Kier alpha value is -1.07. The zero-order valence-corrected chi connectivity index (χ0v) is 14.1. The van der Waals surface area contributed by atoms with Crippen LogP contribution in [0.4, 0.5) is 0 Å². The molecule has 1 atom stereocenters. The van der Waals surface area contributed by atoms with E-state index in [1.807, 2.05) is 31.2 Å². The minimum Gasteiger partial charge on any atom is -0.497 e. The van der Waals surface area contributed by atoms with E-state index in [9.17, 15) is 8.42 Å². The van der Waals surface area contributed by atoms with Crippen molar-refractivity contribution in [3.8, 4) is 5.75 Å². The first-order valence-corrected chi connectivity index (χ1v) is 9.42. The summed E-state index contributed by atoms with van der Waals surface area (Å²) in [5, 5.41) is 3.34. The minimum absolute atomic E-state index is 0.152. The van der Waals surface area contributed by atoms with Gasteiger partial charge in [-0.05, 0) is 37.1 Å². The highest BCUT2D eigenvalue weighted by molar-refractivity contribution is 7.91. The fraction of sp³-hybridized carbons (Fsp3) is 0.625. The zero-order valence-electron chi connectivity index (χ0n) is 13.3. The third-order valence-corrected chi connectivity index (χ3v) is 5.14. The predicted molar refractivity (Wildman–Crippen MR) is 87.6 cm³/mol. The molecule has 0 saturated heterocycles. The molecule has 0 radical (unpaired) electrons. The molecule has 0 aliphatic rings. The van der Waals surface area contributed by atoms with Crippen LogP contribution in [0.15, 0.2) is 24.3 Å². The Bertz CT molecular complexity index is 497. The summed E-state index contributed by atoms with van der Waals surface area (Å²) in [5.41, 5.74) is 0.990. The summed E-state index contributed by atoms with van der Waals surface area (Å²) in [6, 6.07) is 7.45. The standard InChI is InChI=1S/C16H27NO3S/c1-4-6-12-21(18,19)13-16(17-11-5-2)14-7-9-15(20-3)10-8-14/h7-10,16-17H,4-6,11-13H2,1-3H3. The monoisotopic (exact) mass is 313 g/mol. The number of benzene rings is 1. The second kappa shape index (κ2) is 9.05. The summed E-state index contributed by atoms with van der Waals surface area (Å²) in [6.45, 7) is 4.88. The molecule has 0 aliphatic heterocycles. The molecule has 0 bridgehead atoms. The van der Waals surface area contributed by atoms with Crippen molar-refractivity contribution in [2.24, 2.45) is 0 Å². The van der Waals surface area contributed by atoms with Crippen molar-refractivity contribution in [2.45, 2.75) is 39.2 Å². The van der Waals surface area contributed by atoms with Crippen LogP contribution in [0, 0.1) is 0 Å². The van der Waals surface area contributed by atoms with Gasteiger partial charge in [0.1, 0.15) is 5.75 Å². The van der Waals surface area contributed by atoms with Crippen LogP contribution in [0.5, 0.6) is 5.75 Å². The van der Waals surface area contributed by atoms with Gasteiger partial charge in [-0.15, -0.1) is 0 Å². The smallest absolute Gasteiger partial charge is 0.152 e. The Morgan fingerprint density at radius 3 is 2.33 bits per heavy atom. The fourth-order valence-corrected chi connectivity index (χ4v) is 3.84. The van der Waals surface area contributed by atoms with Gasteiger partial charge in [0.05, 0.1) is 18.6 Å². The van der Waals surface area contributed by atoms with E-state index in [4.69, 9.17) is 4.74 Å². The second-order valence-electron chi connectivity index (χ2n) is 5.25. The minimum atomic E-state index is -3.03. The highest BCUT2D eigenvalue weighted by Crippen LogP contribution is 2.20. The fourth-order valence-electron chi connectivity index (χ4n) is 2.13. The van der Waals surface area contributed by atoms with Gasteiger partial charge in [0.2, 0.25) is 0 Å². The van der Waals surface area contributed by atoms with Crippen LogP contribution in [-0.2, 0) is 9.84 Å². The predicted octanol–water partition coefficient (Wildman–Crippen LogP) is 2.95. The number of ether oxygens (including phenoxy) is 1. The number of rotatable bonds is 10. The topological polar surface area (TPSA) is 55.4 Å². The number of methoxy groups -OCH3 is 1. The molecular weight excluding hydrogens is 286 g/mol. The normalized spacial score (nSPS) is 13.1. The van der Waals surface area contributed by atoms with Crippen molar-refractivity contribution < 1.29 is 13.2 Å². The average molecular weight is 313 g/mol. The van der Waals surface area contributed by atoms with Gasteiger partial charge < -0.3 is 10.1 Å². The molecule has 0 saturated carbocycles. The van der Waals surface area contributed by atoms with E-state index in [2.05, 4.69) is 12.2 Å². The molecule has 1 aromatic rings. The van der Waals surface area contributed by atoms with Crippen molar-refractivity contribution in [2.75, 3.05) is 25.2 Å². The summed E-state index contributed by atoms with van der Waals surface area (Å²) >= 11 is 0. The van der Waals surface area contributed by atoms with E-state index in [1.165, 1.54) is 0 Å². The lowest BCUT2D eigenvalue weighted by Crippen LogP contribution is -2.29. The lowest BCUT2D eigenvalue weighted by Gasteiger charge is -2.19. The molecule has 120 valence electrons. The molecule has 1 unspecified atom stereocenters. The number of hydrogen-bond donors (Lipinski definition) is 1. The maximum Gasteiger partial charge on any atom is 0.152 e. The van der Waals surface area contributed by atoms with Gasteiger partial charge in [0.25, 0.3) is 0 Å². The van der Waals surface area contributed by atoms with E-state index in [1.54, 1.807) is 7.11 Å². The molecule has 0 spiro atoms. The molecule has 0 heterocycles. The second-order valence-corrected chi connectivity index (χ2v) is 7.48. The summed E-state index contributed by atoms with van der Waals surface area (Å²) in [6.07, 6.45) is 2.60. The first kappa shape index (κ1) is 18.0. The Balaban J connectivity index is 2.83. The van der Waals surface area contributed by atoms with Crippen LogP contribution < -0.4 is 10.1 Å². The van der Waals surface area contributed by atoms with Gasteiger partial charge >= 0.3 is 0 Å². The van der Waals surface area contributed by atoms with Crippen LogP contribution >= 0.6 is 0 Å². The number of unbranched alkanes of at least 4 members (excludes halogenated alkanes) is 1. The van der Waals surface area contributed by atoms with Crippen molar-refractivity contribution in [1.82, 2.24) is 5.32 Å². The van der Waals surface area contributed by atoms with Gasteiger partial charge in [-0.1, -0.05) is 32.4 Å². The van der Waals surface area contributed by atoms with E-state index in [-0.39, 0.29) is 17.5 Å². The van der Waals surface area contributed by atoms with E-state index in [0.29, 0.717) is 0 Å². The van der Waals surface area contributed by atoms with Crippen molar-refractivity contribution >= 4 is 9.84 Å². The Morgan fingerprint density at radius 1 is 1.14 bits per heavy atom. The van der Waals surface area contributed by atoms with Crippen LogP contribution in [0.2, 0.25) is 0 Å². The number of nitrogens with one attached hydrogen (secondary N) is 1. The highest BCUT2D eigenvalue weighted by atomic mass is 32.2. The van der Waals surface area contributed by atoms with Crippen molar-refractivity contribution in [1.29, 1.82) is 0 Å². The van der Waals surface area contributed by atoms with Gasteiger partial charge in [-0.2, -0.15) is 0 Å². The van der Waals surface area contributed by atoms with Gasteiger partial charge in [-0.25, -0.2) is 8.42 Å². The first-order chi connectivity index (χ1) is 10.0. The third kappa shape index (κ3) is 6.48. The summed E-state index contributed by atoms with van der Waals surface area (Å²) in [4.78, 5) is 0. The lowest BCUT2D eigenvalue weighted by atomic mass is 10.1. The molecule has 21 heavy (non-hydrogen) atoms. The Kier molecular flexibility index (Phi) is 7.75. The van der Waals surface area contributed by atoms with E-state index >= 15 is 0 Å². The van der Waals surface area contributed by atoms with Crippen molar-refractivity contribution in [3.63, 3.8) is 0 Å². The van der Waals surface area contributed by atoms with Gasteiger partial charge in [0, 0.05) is 6.04 Å². The molecule has 0 aliphatic carbocycles. The molecular formula is C16H27NO3S. The molecule has 0 fully saturated rings. The number of sulfone groups is 1. The van der Waals surface area contributed by atoms with Gasteiger partial charge in [0.15, 0.2) is 9.84 Å². The van der Waals surface area contributed by atoms with Crippen LogP contribution in [0.25, 0.3) is 0 Å². The first-order valence-electron chi connectivity index (χ1n) is 7.60. The average Bonchev–Trinajstić information content (AvgIpc) is 2.49. The molecule has 0 amide bonds. The van der Waals surface area contributed by atoms with Crippen LogP contribution in [0.3, 0.4) is 0 Å². The van der Waals surface area contributed by atoms with Crippen LogP contribution in [-0.4, -0.2) is 33.6 Å². The quantitative estimate of drug-likeness (QED) is 0.721. The molecule has 5 heteroatoms. The molecule has 1 N–H and O–H groups in total. The Labute approximate surface area is 128 Å². The van der Waals surface area contributed by atoms with E-state index in [0.717, 1.165) is 37.1 Å². The molecule has 4 nitrogen and oxygen atoms in total. The lowest BCUT2D eigenvalue weighted by molar-refractivity contribution is 0.414. The van der Waals surface area contributed by atoms with E-state index < -0.39 is 9.84 Å². The zero-order chi connectivity index (χ0) is 15.7. The van der Waals surface area contributed by atoms with Gasteiger partial charge in [-0.3, -0.25) is 0 Å². The van der Waals surface area contributed by atoms with Crippen LogP contribution in [0.1, 0.15) is 44.7 Å². The van der Waals surface area contributed by atoms with Crippen molar-refractivity contribution in [3.05, 3.63) is 29.8 Å². The summed E-state index contributed by atoms with van der Waals surface area (Å²) in [7, 11) is -1.41. The third-order valence-electron chi connectivity index (χ3n) is 3.39. The molecule has 0 aromatic heterocycles. The maximum atomic E-state index is 12.2. The Morgan fingerprint density at radius 2 is 1.81 bits per heavy atom. The molecule has 1 rings (SSSR count). The highest BCUT2D eigenvalue weighted by Gasteiger charge is 2.20. The summed E-state index contributed by atoms with van der Waals surface area (Å²) < 4.78 is 29.5. The SMILES string of the molecule is CCCCS(=O)(=O)CC(NCCC)c1ccc(OC)cc1. The maximum absolute atomic E-state index is 12.2. The largest absolute Gasteiger partial charge is 0.497 e. The number of hydrogen-bond acceptors (Lipinski definition) is 4. The summed E-state index contributed by atoms with van der Waals surface area (Å²) in [5.74, 6) is 1.20. The molecule has 1 aromatic carbocycles.